The van der Waals surface area contributed by atoms with Crippen molar-refractivity contribution >= 4 is 11.8 Å². The van der Waals surface area contributed by atoms with Gasteiger partial charge in [-0.3, -0.25) is 0 Å². The van der Waals surface area contributed by atoms with Gasteiger partial charge in [0.15, 0.2) is 0 Å². The number of benzene rings is 1. The van der Waals surface area contributed by atoms with Crippen molar-refractivity contribution in [2.75, 3.05) is 5.75 Å². The summed E-state index contributed by atoms with van der Waals surface area (Å²) in [6, 6.07) is 4.24. The van der Waals surface area contributed by atoms with Crippen molar-refractivity contribution in [3.05, 3.63) is 29.3 Å². The Kier molecular flexibility index (Phi) is 3.48. The van der Waals surface area contributed by atoms with Gasteiger partial charge in [-0.15, -0.1) is 11.8 Å². The molecule has 0 spiro atoms. The lowest BCUT2D eigenvalue weighted by atomic mass is 10.1. The molecule has 0 aliphatic heterocycles. The Morgan fingerprint density at radius 3 is 2.36 bits per heavy atom. The van der Waals surface area contributed by atoms with Crippen molar-refractivity contribution in [3.63, 3.8) is 0 Å². The van der Waals surface area contributed by atoms with Crippen LogP contribution >= 0.6 is 11.8 Å². The molecule has 1 aromatic rings. The highest BCUT2D eigenvalue weighted by Gasteiger charge is 2.31. The van der Waals surface area contributed by atoms with Crippen LogP contribution in [-0.2, 0) is 6.18 Å². The second kappa shape index (κ2) is 4.26. The fraction of sp³-hybridized carbons (Fsp3) is 0.400. The molecule has 0 atom stereocenters. The number of aryl methyl sites for hydroxylation is 1. The molecule has 0 amide bonds. The molecule has 0 aliphatic rings. The first-order valence-electron chi connectivity index (χ1n) is 4.25. The van der Waals surface area contributed by atoms with Crippen LogP contribution in [0.5, 0.6) is 0 Å². The van der Waals surface area contributed by atoms with E-state index in [0.717, 1.165) is 16.7 Å². The van der Waals surface area contributed by atoms with Crippen LogP contribution in [0, 0.1) is 6.92 Å². The SMILES string of the molecule is CCSc1ccc(C(F)(F)F)c(C)c1. The second-order valence-corrected chi connectivity index (χ2v) is 4.24. The van der Waals surface area contributed by atoms with Crippen molar-refractivity contribution in [3.8, 4) is 0 Å². The first-order chi connectivity index (χ1) is 6.45. The Hall–Kier alpha value is -0.640. The van der Waals surface area contributed by atoms with Gasteiger partial charge in [-0.1, -0.05) is 6.92 Å². The summed E-state index contributed by atoms with van der Waals surface area (Å²) in [5, 5.41) is 0. The number of rotatable bonds is 2. The van der Waals surface area contributed by atoms with Crippen LogP contribution < -0.4 is 0 Å². The molecule has 0 heterocycles. The molecule has 0 aromatic heterocycles. The highest BCUT2D eigenvalue weighted by atomic mass is 32.2. The molecule has 0 radical (unpaired) electrons. The summed E-state index contributed by atoms with van der Waals surface area (Å²) in [7, 11) is 0. The van der Waals surface area contributed by atoms with Crippen molar-refractivity contribution in [2.24, 2.45) is 0 Å². The van der Waals surface area contributed by atoms with E-state index in [2.05, 4.69) is 0 Å². The third-order valence-corrected chi connectivity index (χ3v) is 2.69. The third kappa shape index (κ3) is 2.67. The van der Waals surface area contributed by atoms with Crippen molar-refractivity contribution < 1.29 is 13.2 Å². The summed E-state index contributed by atoms with van der Waals surface area (Å²) < 4.78 is 37.1. The Balaban J connectivity index is 3.02. The van der Waals surface area contributed by atoms with Gasteiger partial charge in [-0.05, 0) is 36.4 Å². The van der Waals surface area contributed by atoms with Gasteiger partial charge in [0, 0.05) is 4.90 Å². The lowest BCUT2D eigenvalue weighted by Gasteiger charge is -2.10. The molecule has 4 heteroatoms. The smallest absolute Gasteiger partial charge is 0.166 e. The molecule has 0 unspecified atom stereocenters. The lowest BCUT2D eigenvalue weighted by molar-refractivity contribution is -0.138. The van der Waals surface area contributed by atoms with Gasteiger partial charge in [-0.2, -0.15) is 13.2 Å². The fourth-order valence-corrected chi connectivity index (χ4v) is 1.97. The zero-order chi connectivity index (χ0) is 10.8. The summed E-state index contributed by atoms with van der Waals surface area (Å²) in [4.78, 5) is 0.887. The van der Waals surface area contributed by atoms with Crippen molar-refractivity contribution in [1.82, 2.24) is 0 Å². The van der Waals surface area contributed by atoms with Crippen LogP contribution in [0.15, 0.2) is 23.1 Å². The first-order valence-corrected chi connectivity index (χ1v) is 5.24. The molecule has 0 saturated heterocycles. The maximum absolute atomic E-state index is 12.4. The van der Waals surface area contributed by atoms with E-state index in [-0.39, 0.29) is 5.56 Å². The predicted molar refractivity (Wildman–Crippen MR) is 52.6 cm³/mol. The van der Waals surface area contributed by atoms with E-state index in [4.69, 9.17) is 0 Å². The summed E-state index contributed by atoms with van der Waals surface area (Å²) in [5.74, 6) is 0.866. The van der Waals surface area contributed by atoms with E-state index in [1.165, 1.54) is 13.0 Å². The molecule has 0 bridgehead atoms. The van der Waals surface area contributed by atoms with Crippen LogP contribution in [0.4, 0.5) is 13.2 Å². The Labute approximate surface area is 85.5 Å². The van der Waals surface area contributed by atoms with E-state index >= 15 is 0 Å². The number of alkyl halides is 3. The number of hydrogen-bond donors (Lipinski definition) is 0. The van der Waals surface area contributed by atoms with Crippen LogP contribution in [-0.4, -0.2) is 5.75 Å². The molecule has 0 fully saturated rings. The average Bonchev–Trinajstić information content (AvgIpc) is 2.02. The molecule has 1 aromatic carbocycles. The van der Waals surface area contributed by atoms with Gasteiger partial charge in [0.2, 0.25) is 0 Å². The first kappa shape index (κ1) is 11.4. The van der Waals surface area contributed by atoms with Crippen LogP contribution in [0.1, 0.15) is 18.1 Å². The molecule has 0 aliphatic carbocycles. The van der Waals surface area contributed by atoms with Crippen LogP contribution in [0.2, 0.25) is 0 Å². The van der Waals surface area contributed by atoms with Gasteiger partial charge in [-0.25, -0.2) is 0 Å². The number of hydrogen-bond acceptors (Lipinski definition) is 1. The number of thioether (sulfide) groups is 1. The van der Waals surface area contributed by atoms with E-state index in [1.54, 1.807) is 17.8 Å². The summed E-state index contributed by atoms with van der Waals surface area (Å²) >= 11 is 1.54. The van der Waals surface area contributed by atoms with Crippen LogP contribution in [0.25, 0.3) is 0 Å². The zero-order valence-electron chi connectivity index (χ0n) is 7.98. The van der Waals surface area contributed by atoms with Gasteiger partial charge < -0.3 is 0 Å². The lowest BCUT2D eigenvalue weighted by Crippen LogP contribution is -2.07. The Bertz CT molecular complexity index is 318. The normalized spacial score (nSPS) is 11.8. The zero-order valence-corrected chi connectivity index (χ0v) is 8.80. The Morgan fingerprint density at radius 2 is 1.93 bits per heavy atom. The maximum atomic E-state index is 12.4. The largest absolute Gasteiger partial charge is 0.416 e. The molecule has 14 heavy (non-hydrogen) atoms. The predicted octanol–water partition coefficient (Wildman–Crippen LogP) is 4.13. The van der Waals surface area contributed by atoms with Crippen LogP contribution in [0.3, 0.4) is 0 Å². The average molecular weight is 220 g/mol. The van der Waals surface area contributed by atoms with Crippen molar-refractivity contribution in [2.45, 2.75) is 24.9 Å². The molecule has 0 nitrogen and oxygen atoms in total. The quantitative estimate of drug-likeness (QED) is 0.675. The van der Waals surface area contributed by atoms with E-state index in [1.807, 2.05) is 6.92 Å². The maximum Gasteiger partial charge on any atom is 0.416 e. The minimum atomic E-state index is -4.24. The highest BCUT2D eigenvalue weighted by Crippen LogP contribution is 2.33. The standard InChI is InChI=1S/C10H11F3S/c1-3-14-8-4-5-9(7(2)6-8)10(11,12)13/h4-6H,3H2,1-2H3. The third-order valence-electron chi connectivity index (χ3n) is 1.81. The highest BCUT2D eigenvalue weighted by molar-refractivity contribution is 7.99. The molecular formula is C10H11F3S. The molecular weight excluding hydrogens is 209 g/mol. The van der Waals surface area contributed by atoms with E-state index in [9.17, 15) is 13.2 Å². The summed E-state index contributed by atoms with van der Waals surface area (Å²) in [5.41, 5.74) is -0.256. The van der Waals surface area contributed by atoms with Gasteiger partial charge in [0.25, 0.3) is 0 Å². The number of halogens is 3. The van der Waals surface area contributed by atoms with Gasteiger partial charge in [0.05, 0.1) is 5.56 Å². The molecule has 78 valence electrons. The van der Waals surface area contributed by atoms with E-state index in [0.29, 0.717) is 0 Å². The molecule has 0 N–H and O–H groups in total. The monoisotopic (exact) mass is 220 g/mol. The minimum Gasteiger partial charge on any atom is -0.166 e. The summed E-state index contributed by atoms with van der Waals surface area (Å²) in [6.45, 7) is 3.46. The molecule has 1 rings (SSSR count). The van der Waals surface area contributed by atoms with Gasteiger partial charge in [0.1, 0.15) is 0 Å². The summed E-state index contributed by atoms with van der Waals surface area (Å²) in [6.07, 6.45) is -4.24. The minimum absolute atomic E-state index is 0.288. The Morgan fingerprint density at radius 1 is 1.29 bits per heavy atom. The topological polar surface area (TPSA) is 0 Å². The van der Waals surface area contributed by atoms with E-state index < -0.39 is 11.7 Å². The second-order valence-electron chi connectivity index (χ2n) is 2.91. The molecule has 0 saturated carbocycles. The van der Waals surface area contributed by atoms with Crippen molar-refractivity contribution in [1.29, 1.82) is 0 Å². The fourth-order valence-electron chi connectivity index (χ4n) is 1.21. The van der Waals surface area contributed by atoms with Gasteiger partial charge >= 0.3 is 6.18 Å².